The topological polar surface area (TPSA) is 86.7 Å². The molecule has 0 amide bonds. The van der Waals surface area contributed by atoms with Crippen LogP contribution in [0.1, 0.15) is 28.5 Å². The lowest BCUT2D eigenvalue weighted by atomic mass is 10.0. The molecule has 1 aliphatic rings. The minimum Gasteiger partial charge on any atom is -0.462 e. The number of fused-ring (bicyclic) bond motifs is 1. The molecule has 0 saturated heterocycles. The van der Waals surface area contributed by atoms with Crippen molar-refractivity contribution in [1.82, 2.24) is 4.57 Å². The number of esters is 1. The zero-order valence-electron chi connectivity index (χ0n) is 12.1. The van der Waals surface area contributed by atoms with Crippen molar-refractivity contribution >= 4 is 23.5 Å². The Morgan fingerprint density at radius 1 is 1.36 bits per heavy atom. The van der Waals surface area contributed by atoms with Crippen LogP contribution in [-0.2, 0) is 4.74 Å². The third-order valence-corrected chi connectivity index (χ3v) is 3.39. The summed E-state index contributed by atoms with van der Waals surface area (Å²) < 4.78 is 6.48. The summed E-state index contributed by atoms with van der Waals surface area (Å²) in [5.41, 5.74) is 7.39. The number of nitrogens with zero attached hydrogens (tertiary/aromatic N) is 2. The van der Waals surface area contributed by atoms with Gasteiger partial charge in [0.2, 0.25) is 5.91 Å². The molecule has 0 bridgehead atoms. The Balaban J connectivity index is 2.25. The van der Waals surface area contributed by atoms with Crippen molar-refractivity contribution < 1.29 is 14.3 Å². The van der Waals surface area contributed by atoms with Crippen molar-refractivity contribution in [2.45, 2.75) is 13.3 Å². The molecule has 1 aromatic heterocycles. The summed E-state index contributed by atoms with van der Waals surface area (Å²) in [7, 11) is 0. The summed E-state index contributed by atoms with van der Waals surface area (Å²) in [6.07, 6.45) is 1.66. The van der Waals surface area contributed by atoms with Crippen molar-refractivity contribution in [3.63, 3.8) is 0 Å². The number of hydrogen-bond acceptors (Lipinski definition) is 5. The number of hydrogen-bond donors (Lipinski definition) is 1. The van der Waals surface area contributed by atoms with Crippen molar-refractivity contribution in [3.8, 4) is 11.1 Å². The molecule has 0 unspecified atom stereocenters. The van der Waals surface area contributed by atoms with Gasteiger partial charge in [0, 0.05) is 11.8 Å². The standard InChI is InChI=1S/C16H15N3O3/c1-2-22-16(21)14-11(10-6-4-3-5-7-10)9-19-13(20)8-12(17)18-15(14)19/h3-7,9H,2,8H2,1H3,(H2,17,18). The molecule has 112 valence electrons. The molecule has 1 aliphatic heterocycles. The van der Waals surface area contributed by atoms with E-state index in [0.29, 0.717) is 5.56 Å². The number of rotatable bonds is 3. The molecule has 2 aromatic rings. The fourth-order valence-corrected chi connectivity index (χ4v) is 2.45. The molecule has 0 atom stereocenters. The van der Waals surface area contributed by atoms with E-state index in [9.17, 15) is 9.59 Å². The molecular weight excluding hydrogens is 282 g/mol. The number of carbonyl (C=O) groups excluding carboxylic acids is 2. The molecule has 2 heterocycles. The highest BCUT2D eigenvalue weighted by atomic mass is 16.5. The first-order valence-corrected chi connectivity index (χ1v) is 6.96. The molecule has 22 heavy (non-hydrogen) atoms. The number of nitrogens with two attached hydrogens (primary N) is 1. The van der Waals surface area contributed by atoms with E-state index in [1.165, 1.54) is 4.57 Å². The zero-order valence-corrected chi connectivity index (χ0v) is 12.1. The number of amidine groups is 1. The quantitative estimate of drug-likeness (QED) is 0.881. The minimum absolute atomic E-state index is 0.0399. The second kappa shape index (κ2) is 5.48. The summed E-state index contributed by atoms with van der Waals surface area (Å²) in [5.74, 6) is -0.289. The number of ether oxygens (including phenoxy) is 1. The van der Waals surface area contributed by atoms with Crippen molar-refractivity contribution in [1.29, 1.82) is 0 Å². The highest BCUT2D eigenvalue weighted by Gasteiger charge is 2.29. The van der Waals surface area contributed by atoms with Crippen LogP contribution >= 0.6 is 0 Å². The Morgan fingerprint density at radius 3 is 2.77 bits per heavy atom. The first kappa shape index (κ1) is 14.1. The van der Waals surface area contributed by atoms with Gasteiger partial charge in [0.1, 0.15) is 11.4 Å². The van der Waals surface area contributed by atoms with Gasteiger partial charge < -0.3 is 10.5 Å². The van der Waals surface area contributed by atoms with E-state index in [2.05, 4.69) is 4.99 Å². The normalized spacial score (nSPS) is 13.5. The van der Waals surface area contributed by atoms with Crippen molar-refractivity contribution in [2.75, 3.05) is 6.61 Å². The van der Waals surface area contributed by atoms with Gasteiger partial charge in [0.05, 0.1) is 13.0 Å². The lowest BCUT2D eigenvalue weighted by Crippen LogP contribution is -2.25. The van der Waals surface area contributed by atoms with E-state index in [0.717, 1.165) is 5.56 Å². The van der Waals surface area contributed by atoms with Crippen LogP contribution in [0.2, 0.25) is 0 Å². The van der Waals surface area contributed by atoms with Crippen LogP contribution in [-0.4, -0.2) is 28.9 Å². The van der Waals surface area contributed by atoms with Crippen LogP contribution in [0.25, 0.3) is 11.1 Å². The van der Waals surface area contributed by atoms with Gasteiger partial charge in [0.15, 0.2) is 5.82 Å². The van der Waals surface area contributed by atoms with Crippen molar-refractivity contribution in [3.05, 3.63) is 42.1 Å². The Morgan fingerprint density at radius 2 is 2.09 bits per heavy atom. The Labute approximate surface area is 127 Å². The maximum absolute atomic E-state index is 12.3. The van der Waals surface area contributed by atoms with E-state index < -0.39 is 5.97 Å². The largest absolute Gasteiger partial charge is 0.462 e. The maximum atomic E-state index is 12.3. The van der Waals surface area contributed by atoms with Gasteiger partial charge in [-0.2, -0.15) is 0 Å². The average molecular weight is 297 g/mol. The van der Waals surface area contributed by atoms with Gasteiger partial charge in [-0.3, -0.25) is 9.36 Å². The molecule has 0 aliphatic carbocycles. The summed E-state index contributed by atoms with van der Waals surface area (Å²) in [5, 5.41) is 0. The smallest absolute Gasteiger partial charge is 0.342 e. The van der Waals surface area contributed by atoms with E-state index >= 15 is 0 Å². The number of aliphatic imine (C=N–C) groups is 1. The first-order chi connectivity index (χ1) is 10.6. The molecule has 6 heteroatoms. The lowest BCUT2D eigenvalue weighted by Gasteiger charge is -2.11. The number of carbonyl (C=O) groups is 2. The summed E-state index contributed by atoms with van der Waals surface area (Å²) in [6.45, 7) is 1.97. The van der Waals surface area contributed by atoms with Gasteiger partial charge in [-0.15, -0.1) is 0 Å². The first-order valence-electron chi connectivity index (χ1n) is 6.96. The summed E-state index contributed by atoms with van der Waals surface area (Å²) in [4.78, 5) is 28.6. The van der Waals surface area contributed by atoms with E-state index in [4.69, 9.17) is 10.5 Å². The van der Waals surface area contributed by atoms with Gasteiger partial charge in [-0.1, -0.05) is 30.3 Å². The Kier molecular flexibility index (Phi) is 3.50. The SMILES string of the molecule is CCOC(=O)c1c(-c2ccccc2)cn2c1N=C(N)CC2=O. The average Bonchev–Trinajstić information content (AvgIpc) is 2.88. The molecular formula is C16H15N3O3. The maximum Gasteiger partial charge on any atom is 0.342 e. The predicted octanol–water partition coefficient (Wildman–Crippen LogP) is 2.36. The molecule has 2 N–H and O–H groups in total. The van der Waals surface area contributed by atoms with E-state index in [-0.39, 0.29) is 36.2 Å². The van der Waals surface area contributed by atoms with Gasteiger partial charge in [-0.25, -0.2) is 9.79 Å². The third kappa shape index (κ3) is 2.28. The number of aromatic nitrogens is 1. The van der Waals surface area contributed by atoms with Crippen LogP contribution in [0.3, 0.4) is 0 Å². The molecule has 6 nitrogen and oxygen atoms in total. The second-order valence-electron chi connectivity index (χ2n) is 4.87. The Hall–Kier alpha value is -2.89. The fourth-order valence-electron chi connectivity index (χ4n) is 2.45. The summed E-state index contributed by atoms with van der Waals surface area (Å²) in [6, 6.07) is 9.33. The van der Waals surface area contributed by atoms with Gasteiger partial charge in [0.25, 0.3) is 0 Å². The molecule has 3 rings (SSSR count). The van der Waals surface area contributed by atoms with Crippen LogP contribution in [0, 0.1) is 0 Å². The monoisotopic (exact) mass is 297 g/mol. The van der Waals surface area contributed by atoms with Crippen LogP contribution in [0.5, 0.6) is 0 Å². The molecule has 0 fully saturated rings. The Bertz CT molecular complexity index is 775. The third-order valence-electron chi connectivity index (χ3n) is 3.39. The minimum atomic E-state index is -0.513. The van der Waals surface area contributed by atoms with Crippen molar-refractivity contribution in [2.24, 2.45) is 10.7 Å². The zero-order chi connectivity index (χ0) is 15.7. The predicted molar refractivity (Wildman–Crippen MR) is 82.4 cm³/mol. The van der Waals surface area contributed by atoms with Gasteiger partial charge >= 0.3 is 5.97 Å². The van der Waals surface area contributed by atoms with Crippen LogP contribution in [0.4, 0.5) is 5.82 Å². The molecule has 1 aromatic carbocycles. The molecule has 0 radical (unpaired) electrons. The van der Waals surface area contributed by atoms with Crippen LogP contribution in [0.15, 0.2) is 41.5 Å². The van der Waals surface area contributed by atoms with Gasteiger partial charge in [-0.05, 0) is 12.5 Å². The molecule has 0 spiro atoms. The highest BCUT2D eigenvalue weighted by Crippen LogP contribution is 2.35. The molecule has 0 saturated carbocycles. The number of benzene rings is 1. The van der Waals surface area contributed by atoms with E-state index in [1.807, 2.05) is 30.3 Å². The fraction of sp³-hybridized carbons (Fsp3) is 0.188. The lowest BCUT2D eigenvalue weighted by molar-refractivity contribution is 0.0528. The summed E-state index contributed by atoms with van der Waals surface area (Å²) >= 11 is 0. The second-order valence-corrected chi connectivity index (χ2v) is 4.87. The van der Waals surface area contributed by atoms with E-state index in [1.54, 1.807) is 13.1 Å². The highest BCUT2D eigenvalue weighted by molar-refractivity contribution is 6.11. The van der Waals surface area contributed by atoms with Crippen LogP contribution < -0.4 is 5.73 Å².